The monoisotopic (exact) mass is 441 g/mol. The number of nitrogens with zero attached hydrogens (tertiary/aromatic N) is 3. The summed E-state index contributed by atoms with van der Waals surface area (Å²) in [7, 11) is 0. The highest BCUT2D eigenvalue weighted by molar-refractivity contribution is 5.80. The molecule has 2 N–H and O–H groups in total. The largest absolute Gasteiger partial charge is 0.492 e. The molecule has 2 aromatic heterocycles. The maximum absolute atomic E-state index is 5.88. The summed E-state index contributed by atoms with van der Waals surface area (Å²) in [5, 5.41) is 7.43. The first-order chi connectivity index (χ1) is 16.3. The van der Waals surface area contributed by atoms with Crippen LogP contribution in [0.25, 0.3) is 35.3 Å². The molecule has 0 atom stereocenters. The molecular weight excluding hydrogens is 414 g/mol. The second kappa shape index (κ2) is 10.3. The van der Waals surface area contributed by atoms with Crippen LogP contribution in [0, 0.1) is 0 Å². The SMILES string of the molecule is C(=Cc1cc(/C=C/c2ccc3nc[nH]c3c2)n[nH]1)c1ccc(OCCN2CCOCC2)cc1. The van der Waals surface area contributed by atoms with Gasteiger partial charge in [-0.05, 0) is 53.6 Å². The molecule has 0 aliphatic carbocycles. The number of aromatic nitrogens is 4. The summed E-state index contributed by atoms with van der Waals surface area (Å²) in [5.41, 5.74) is 6.02. The fourth-order valence-corrected chi connectivity index (χ4v) is 3.74. The van der Waals surface area contributed by atoms with Crippen LogP contribution >= 0.6 is 0 Å². The van der Waals surface area contributed by atoms with Crippen molar-refractivity contribution >= 4 is 35.3 Å². The second-order valence-electron chi connectivity index (χ2n) is 7.97. The Kier molecular flexibility index (Phi) is 6.61. The molecule has 7 nitrogen and oxygen atoms in total. The average Bonchev–Trinajstić information content (AvgIpc) is 3.52. The molecule has 0 bridgehead atoms. The molecule has 1 aliphatic heterocycles. The van der Waals surface area contributed by atoms with E-state index in [4.69, 9.17) is 9.47 Å². The van der Waals surface area contributed by atoms with Crippen molar-refractivity contribution in [2.45, 2.75) is 0 Å². The molecule has 0 saturated carbocycles. The van der Waals surface area contributed by atoms with E-state index >= 15 is 0 Å². The van der Waals surface area contributed by atoms with Gasteiger partial charge in [0.15, 0.2) is 0 Å². The summed E-state index contributed by atoms with van der Waals surface area (Å²) in [6, 6.07) is 16.3. The lowest BCUT2D eigenvalue weighted by molar-refractivity contribution is 0.0322. The summed E-state index contributed by atoms with van der Waals surface area (Å²) in [6.07, 6.45) is 9.83. The summed E-state index contributed by atoms with van der Waals surface area (Å²) in [6.45, 7) is 5.22. The Labute approximate surface area is 192 Å². The van der Waals surface area contributed by atoms with Crippen molar-refractivity contribution in [1.29, 1.82) is 0 Å². The van der Waals surface area contributed by atoms with Gasteiger partial charge in [-0.25, -0.2) is 4.98 Å². The highest BCUT2D eigenvalue weighted by Crippen LogP contribution is 2.16. The number of rotatable bonds is 8. The van der Waals surface area contributed by atoms with Gasteiger partial charge in [0.1, 0.15) is 12.4 Å². The number of benzene rings is 2. The highest BCUT2D eigenvalue weighted by atomic mass is 16.5. The first-order valence-corrected chi connectivity index (χ1v) is 11.2. The van der Waals surface area contributed by atoms with Crippen LogP contribution < -0.4 is 4.74 Å². The van der Waals surface area contributed by atoms with Crippen molar-refractivity contribution in [3.05, 3.63) is 77.4 Å². The molecule has 1 fully saturated rings. The van der Waals surface area contributed by atoms with E-state index in [1.165, 1.54) is 0 Å². The van der Waals surface area contributed by atoms with Gasteiger partial charge in [0.2, 0.25) is 0 Å². The van der Waals surface area contributed by atoms with Crippen LogP contribution in [-0.2, 0) is 4.74 Å². The molecule has 5 rings (SSSR count). The summed E-state index contributed by atoms with van der Waals surface area (Å²) in [5.74, 6) is 0.891. The average molecular weight is 442 g/mol. The van der Waals surface area contributed by atoms with Gasteiger partial charge in [-0.15, -0.1) is 0 Å². The predicted octanol–water partition coefficient (Wildman–Crippen LogP) is 4.34. The lowest BCUT2D eigenvalue weighted by Gasteiger charge is -2.26. The van der Waals surface area contributed by atoms with Gasteiger partial charge in [0.05, 0.1) is 42.0 Å². The number of morpholine rings is 1. The zero-order chi connectivity index (χ0) is 22.3. The molecule has 1 aliphatic rings. The van der Waals surface area contributed by atoms with E-state index in [1.54, 1.807) is 6.33 Å². The molecule has 168 valence electrons. The van der Waals surface area contributed by atoms with Gasteiger partial charge in [-0.3, -0.25) is 10.00 Å². The van der Waals surface area contributed by atoms with Gasteiger partial charge in [-0.2, -0.15) is 5.10 Å². The normalized spacial score (nSPS) is 15.2. The predicted molar refractivity (Wildman–Crippen MR) is 132 cm³/mol. The lowest BCUT2D eigenvalue weighted by atomic mass is 10.1. The molecule has 3 heterocycles. The van der Waals surface area contributed by atoms with Crippen LogP contribution in [0.3, 0.4) is 0 Å². The quantitative estimate of drug-likeness (QED) is 0.425. The molecule has 2 aromatic carbocycles. The van der Waals surface area contributed by atoms with E-state index in [1.807, 2.05) is 48.6 Å². The number of aromatic amines is 2. The number of hydrogen-bond acceptors (Lipinski definition) is 5. The van der Waals surface area contributed by atoms with Crippen molar-refractivity contribution in [3.8, 4) is 5.75 Å². The van der Waals surface area contributed by atoms with Crippen molar-refractivity contribution in [3.63, 3.8) is 0 Å². The fraction of sp³-hybridized carbons (Fsp3) is 0.231. The minimum Gasteiger partial charge on any atom is -0.492 e. The topological polar surface area (TPSA) is 79.1 Å². The third-order valence-electron chi connectivity index (χ3n) is 5.62. The Balaban J connectivity index is 1.13. The Morgan fingerprint density at radius 3 is 2.64 bits per heavy atom. The molecule has 0 amide bonds. The Bertz CT molecular complexity index is 1230. The van der Waals surface area contributed by atoms with E-state index in [0.29, 0.717) is 6.61 Å². The number of imidazole rings is 1. The highest BCUT2D eigenvalue weighted by Gasteiger charge is 2.09. The van der Waals surface area contributed by atoms with Crippen LogP contribution in [0.2, 0.25) is 0 Å². The molecule has 33 heavy (non-hydrogen) atoms. The zero-order valence-corrected chi connectivity index (χ0v) is 18.4. The maximum Gasteiger partial charge on any atom is 0.119 e. The number of hydrogen-bond donors (Lipinski definition) is 2. The molecule has 0 radical (unpaired) electrons. The first-order valence-electron chi connectivity index (χ1n) is 11.2. The third kappa shape index (κ3) is 5.77. The molecule has 7 heteroatoms. The van der Waals surface area contributed by atoms with Crippen LogP contribution in [0.15, 0.2) is 54.9 Å². The minimum absolute atomic E-state index is 0.690. The molecule has 4 aromatic rings. The smallest absolute Gasteiger partial charge is 0.119 e. The Hall–Kier alpha value is -3.68. The number of fused-ring (bicyclic) bond motifs is 1. The van der Waals surface area contributed by atoms with Crippen molar-refractivity contribution in [1.82, 2.24) is 25.1 Å². The van der Waals surface area contributed by atoms with Gasteiger partial charge in [0, 0.05) is 19.6 Å². The van der Waals surface area contributed by atoms with E-state index in [-0.39, 0.29) is 0 Å². The minimum atomic E-state index is 0.690. The van der Waals surface area contributed by atoms with Crippen LogP contribution in [0.1, 0.15) is 22.5 Å². The van der Waals surface area contributed by atoms with Crippen LogP contribution in [0.4, 0.5) is 0 Å². The Morgan fingerprint density at radius 1 is 0.939 bits per heavy atom. The standard InChI is InChI=1S/C26H27N5O2/c1(20-3-8-24(9-4-20)33-16-13-31-11-14-32-15-12-31)6-22-18-23(30-29-22)7-2-21-5-10-25-26(17-21)28-19-27-25/h1-10,17-19H,11-16H2,(H,27,28)(H,29,30)/b6-1?,7-2+. The van der Waals surface area contributed by atoms with Gasteiger partial charge in [0.25, 0.3) is 0 Å². The second-order valence-corrected chi connectivity index (χ2v) is 7.97. The Morgan fingerprint density at radius 2 is 1.76 bits per heavy atom. The summed E-state index contributed by atoms with van der Waals surface area (Å²) >= 11 is 0. The van der Waals surface area contributed by atoms with Crippen molar-refractivity contribution in [2.24, 2.45) is 0 Å². The molecular formula is C26H27N5O2. The molecule has 1 saturated heterocycles. The number of ether oxygens (including phenoxy) is 2. The van der Waals surface area contributed by atoms with Crippen molar-refractivity contribution < 1.29 is 9.47 Å². The summed E-state index contributed by atoms with van der Waals surface area (Å²) < 4.78 is 11.2. The van der Waals surface area contributed by atoms with Gasteiger partial charge >= 0.3 is 0 Å². The number of nitrogens with one attached hydrogen (secondary N) is 2. The lowest BCUT2D eigenvalue weighted by Crippen LogP contribution is -2.38. The van der Waals surface area contributed by atoms with Gasteiger partial charge in [-0.1, -0.05) is 30.4 Å². The fourth-order valence-electron chi connectivity index (χ4n) is 3.74. The van der Waals surface area contributed by atoms with E-state index < -0.39 is 0 Å². The number of H-pyrrole nitrogens is 2. The maximum atomic E-state index is 5.88. The summed E-state index contributed by atoms with van der Waals surface area (Å²) in [4.78, 5) is 9.74. The molecule has 0 spiro atoms. The zero-order valence-electron chi connectivity index (χ0n) is 18.4. The van der Waals surface area contributed by atoms with Gasteiger partial charge < -0.3 is 14.5 Å². The van der Waals surface area contributed by atoms with E-state index in [0.717, 1.165) is 72.1 Å². The first kappa shape index (κ1) is 21.2. The van der Waals surface area contributed by atoms with E-state index in [2.05, 4.69) is 49.3 Å². The third-order valence-corrected chi connectivity index (χ3v) is 5.62. The van der Waals surface area contributed by atoms with Crippen LogP contribution in [0.5, 0.6) is 5.75 Å². The van der Waals surface area contributed by atoms with Crippen molar-refractivity contribution in [2.75, 3.05) is 39.5 Å². The molecule has 0 unspecified atom stereocenters. The van der Waals surface area contributed by atoms with E-state index in [9.17, 15) is 0 Å². The van der Waals surface area contributed by atoms with Crippen LogP contribution in [-0.4, -0.2) is 64.5 Å².